The lowest BCUT2D eigenvalue weighted by Crippen LogP contribution is -2.12. The Hall–Kier alpha value is -3.34. The molecule has 2 N–H and O–H groups in total. The number of aryl methyl sites for hydroxylation is 1. The topological polar surface area (TPSA) is 63.2 Å². The Bertz CT molecular complexity index is 921. The third-order valence-corrected chi connectivity index (χ3v) is 3.81. The van der Waals surface area contributed by atoms with E-state index in [-0.39, 0.29) is 12.0 Å². The van der Waals surface area contributed by atoms with Crippen molar-refractivity contribution < 1.29 is 9.53 Å². The number of rotatable bonds is 6. The molecular weight excluding hydrogens is 338 g/mol. The molecule has 5 heteroatoms. The second kappa shape index (κ2) is 8.36. The number of ether oxygens (including phenoxy) is 1. The maximum Gasteiger partial charge on any atom is 0.255 e. The molecule has 0 aliphatic carbocycles. The molecule has 0 saturated carbocycles. The molecular formula is C22H23N3O2. The maximum absolute atomic E-state index is 12.3. The van der Waals surface area contributed by atoms with E-state index in [9.17, 15) is 4.79 Å². The Morgan fingerprint density at radius 1 is 1.04 bits per heavy atom. The molecule has 1 heterocycles. The van der Waals surface area contributed by atoms with Crippen LogP contribution in [0, 0.1) is 6.92 Å². The lowest BCUT2D eigenvalue weighted by molar-refractivity contribution is 0.102. The zero-order chi connectivity index (χ0) is 19.2. The van der Waals surface area contributed by atoms with E-state index < -0.39 is 0 Å². The molecule has 0 aliphatic heterocycles. The third-order valence-electron chi connectivity index (χ3n) is 3.81. The summed E-state index contributed by atoms with van der Waals surface area (Å²) in [7, 11) is 0. The van der Waals surface area contributed by atoms with Gasteiger partial charge in [-0.05, 0) is 57.2 Å². The van der Waals surface area contributed by atoms with Crippen molar-refractivity contribution in [2.75, 3.05) is 10.6 Å². The van der Waals surface area contributed by atoms with Gasteiger partial charge in [-0.3, -0.25) is 4.79 Å². The highest BCUT2D eigenvalue weighted by Crippen LogP contribution is 2.27. The number of carbonyl (C=O) groups is 1. The maximum atomic E-state index is 12.3. The number of benzene rings is 2. The molecule has 27 heavy (non-hydrogen) atoms. The molecule has 2 aromatic carbocycles. The van der Waals surface area contributed by atoms with Gasteiger partial charge < -0.3 is 15.4 Å². The van der Waals surface area contributed by atoms with E-state index in [0.717, 1.165) is 17.0 Å². The number of nitrogens with one attached hydrogen (secondary N) is 2. The minimum Gasteiger partial charge on any atom is -0.489 e. The molecule has 5 nitrogen and oxygen atoms in total. The fourth-order valence-corrected chi connectivity index (χ4v) is 2.60. The SMILES string of the molecule is Cc1cccc(C(=O)Nc2ccc(Nc3ccccc3OC(C)C)nc2)c1. The summed E-state index contributed by atoms with van der Waals surface area (Å²) in [5, 5.41) is 6.11. The second-order valence-corrected chi connectivity index (χ2v) is 6.54. The average Bonchev–Trinajstić information content (AvgIpc) is 2.64. The minimum absolute atomic E-state index is 0.0834. The molecule has 0 aliphatic rings. The van der Waals surface area contributed by atoms with Crippen molar-refractivity contribution in [3.8, 4) is 5.75 Å². The molecule has 3 aromatic rings. The summed E-state index contributed by atoms with van der Waals surface area (Å²) in [6.45, 7) is 5.93. The van der Waals surface area contributed by atoms with Crippen molar-refractivity contribution in [1.29, 1.82) is 0 Å². The van der Waals surface area contributed by atoms with Crippen molar-refractivity contribution in [3.05, 3.63) is 78.0 Å². The Morgan fingerprint density at radius 3 is 2.56 bits per heavy atom. The molecule has 0 spiro atoms. The quantitative estimate of drug-likeness (QED) is 0.635. The van der Waals surface area contributed by atoms with Crippen LogP contribution in [0.4, 0.5) is 17.2 Å². The summed E-state index contributed by atoms with van der Waals surface area (Å²) < 4.78 is 5.81. The number of pyridine rings is 1. The lowest BCUT2D eigenvalue weighted by atomic mass is 10.1. The van der Waals surface area contributed by atoms with E-state index >= 15 is 0 Å². The number of hydrogen-bond donors (Lipinski definition) is 2. The number of aromatic nitrogens is 1. The van der Waals surface area contributed by atoms with E-state index in [1.54, 1.807) is 12.3 Å². The van der Waals surface area contributed by atoms with Crippen LogP contribution in [0.25, 0.3) is 0 Å². The molecule has 3 rings (SSSR count). The molecule has 0 atom stereocenters. The minimum atomic E-state index is -0.156. The summed E-state index contributed by atoms with van der Waals surface area (Å²) in [4.78, 5) is 16.7. The Labute approximate surface area is 159 Å². The molecule has 138 valence electrons. The fraction of sp³-hybridized carbons (Fsp3) is 0.182. The van der Waals surface area contributed by atoms with Crippen LogP contribution in [0.2, 0.25) is 0 Å². The summed E-state index contributed by atoms with van der Waals surface area (Å²) in [5.74, 6) is 1.28. The van der Waals surface area contributed by atoms with Gasteiger partial charge in [-0.2, -0.15) is 0 Å². The summed E-state index contributed by atoms with van der Waals surface area (Å²) in [5.41, 5.74) is 3.15. The Kier molecular flexibility index (Phi) is 5.71. The van der Waals surface area contributed by atoms with Crippen LogP contribution < -0.4 is 15.4 Å². The predicted octanol–water partition coefficient (Wildman–Crippen LogP) is 5.17. The van der Waals surface area contributed by atoms with Crippen molar-refractivity contribution >= 4 is 23.1 Å². The third kappa shape index (κ3) is 5.07. The monoisotopic (exact) mass is 361 g/mol. The first-order valence-electron chi connectivity index (χ1n) is 8.88. The van der Waals surface area contributed by atoms with Gasteiger partial charge in [-0.15, -0.1) is 0 Å². The Balaban J connectivity index is 1.68. The molecule has 0 radical (unpaired) electrons. The van der Waals surface area contributed by atoms with Crippen LogP contribution >= 0.6 is 0 Å². The molecule has 0 saturated heterocycles. The fourth-order valence-electron chi connectivity index (χ4n) is 2.60. The second-order valence-electron chi connectivity index (χ2n) is 6.54. The van der Waals surface area contributed by atoms with Crippen LogP contribution in [-0.2, 0) is 0 Å². The molecule has 1 aromatic heterocycles. The largest absolute Gasteiger partial charge is 0.489 e. The van der Waals surface area contributed by atoms with Gasteiger partial charge in [0.05, 0.1) is 23.7 Å². The van der Waals surface area contributed by atoms with Gasteiger partial charge >= 0.3 is 0 Å². The number of nitrogens with zero attached hydrogens (tertiary/aromatic N) is 1. The van der Waals surface area contributed by atoms with Gasteiger partial charge in [0.2, 0.25) is 0 Å². The molecule has 0 fully saturated rings. The number of hydrogen-bond acceptors (Lipinski definition) is 4. The van der Waals surface area contributed by atoms with Gasteiger partial charge in [0.15, 0.2) is 0 Å². The van der Waals surface area contributed by atoms with Crippen LogP contribution in [0.3, 0.4) is 0 Å². The Morgan fingerprint density at radius 2 is 1.85 bits per heavy atom. The van der Waals surface area contributed by atoms with E-state index in [4.69, 9.17) is 4.74 Å². The first-order valence-corrected chi connectivity index (χ1v) is 8.88. The average molecular weight is 361 g/mol. The zero-order valence-electron chi connectivity index (χ0n) is 15.7. The zero-order valence-corrected chi connectivity index (χ0v) is 15.7. The summed E-state index contributed by atoms with van der Waals surface area (Å²) >= 11 is 0. The van der Waals surface area contributed by atoms with Crippen molar-refractivity contribution in [3.63, 3.8) is 0 Å². The lowest BCUT2D eigenvalue weighted by Gasteiger charge is -2.15. The summed E-state index contributed by atoms with van der Waals surface area (Å²) in [6, 6.07) is 18.8. The highest BCUT2D eigenvalue weighted by Gasteiger charge is 2.08. The van der Waals surface area contributed by atoms with Gasteiger partial charge in [-0.25, -0.2) is 4.98 Å². The van der Waals surface area contributed by atoms with Crippen LogP contribution in [0.1, 0.15) is 29.8 Å². The smallest absolute Gasteiger partial charge is 0.255 e. The van der Waals surface area contributed by atoms with Crippen LogP contribution in [0.15, 0.2) is 66.9 Å². The highest BCUT2D eigenvalue weighted by molar-refractivity contribution is 6.04. The number of amides is 1. The number of carbonyl (C=O) groups excluding carboxylic acids is 1. The van der Waals surface area contributed by atoms with E-state index in [2.05, 4.69) is 15.6 Å². The highest BCUT2D eigenvalue weighted by atomic mass is 16.5. The van der Waals surface area contributed by atoms with Gasteiger partial charge in [0.25, 0.3) is 5.91 Å². The first kappa shape index (κ1) is 18.5. The van der Waals surface area contributed by atoms with Gasteiger partial charge in [0.1, 0.15) is 11.6 Å². The normalized spacial score (nSPS) is 10.5. The number of para-hydroxylation sites is 2. The van der Waals surface area contributed by atoms with Crippen molar-refractivity contribution in [2.24, 2.45) is 0 Å². The van der Waals surface area contributed by atoms with E-state index in [1.165, 1.54) is 0 Å². The van der Waals surface area contributed by atoms with Crippen LogP contribution in [-0.4, -0.2) is 17.0 Å². The molecule has 0 bridgehead atoms. The predicted molar refractivity (Wildman–Crippen MR) is 109 cm³/mol. The van der Waals surface area contributed by atoms with Crippen LogP contribution in [0.5, 0.6) is 5.75 Å². The first-order chi connectivity index (χ1) is 13.0. The molecule has 0 unspecified atom stereocenters. The van der Waals surface area contributed by atoms with Crippen molar-refractivity contribution in [2.45, 2.75) is 26.9 Å². The van der Waals surface area contributed by atoms with Gasteiger partial charge in [0, 0.05) is 5.56 Å². The van der Waals surface area contributed by atoms with E-state index in [1.807, 2.05) is 75.4 Å². The number of anilines is 3. The standard InChI is InChI=1S/C22H23N3O2/c1-15(2)27-20-10-5-4-9-19(20)25-21-12-11-18(14-23-21)24-22(26)17-8-6-7-16(3)13-17/h4-15H,1-3H3,(H,23,25)(H,24,26). The summed E-state index contributed by atoms with van der Waals surface area (Å²) in [6.07, 6.45) is 1.71. The van der Waals surface area contributed by atoms with E-state index in [0.29, 0.717) is 17.1 Å². The van der Waals surface area contributed by atoms with Crippen molar-refractivity contribution in [1.82, 2.24) is 4.98 Å². The van der Waals surface area contributed by atoms with Gasteiger partial charge in [-0.1, -0.05) is 29.8 Å². The molecule has 1 amide bonds.